The molecule has 2 aliphatic rings. The van der Waals surface area contributed by atoms with Gasteiger partial charge in [0.1, 0.15) is 18.0 Å². The fourth-order valence-corrected chi connectivity index (χ4v) is 6.65. The molecule has 2 saturated heterocycles. The SMILES string of the molecule is C=C(C)C/C(=N\CNc1ccc(N2CCC(N3CCN(C)CC3)CC2)c(CC)c1)Nc1ccc2nccnc2c1N(C)SC. The molecule has 0 spiro atoms. The fourth-order valence-electron chi connectivity index (χ4n) is 6.29. The number of nitrogens with zero attached hydrogens (tertiary/aromatic N) is 7. The van der Waals surface area contributed by atoms with Gasteiger partial charge in [-0.1, -0.05) is 31.0 Å². The summed E-state index contributed by atoms with van der Waals surface area (Å²) < 4.78 is 2.11. The number of hydrogen-bond acceptors (Lipinski definition) is 9. The second-order valence-electron chi connectivity index (χ2n) is 12.0. The number of fused-ring (bicyclic) bond motifs is 1. The largest absolute Gasteiger partial charge is 0.371 e. The lowest BCUT2D eigenvalue weighted by molar-refractivity contribution is 0.0982. The van der Waals surface area contributed by atoms with Gasteiger partial charge in [-0.3, -0.25) is 19.9 Å². The zero-order chi connectivity index (χ0) is 31.1. The molecule has 44 heavy (non-hydrogen) atoms. The number of piperazine rings is 1. The zero-order valence-corrected chi connectivity index (χ0v) is 28.0. The summed E-state index contributed by atoms with van der Waals surface area (Å²) in [6.07, 6.45) is 9.68. The first-order chi connectivity index (χ1) is 21.4. The Morgan fingerprint density at radius 2 is 1.82 bits per heavy atom. The van der Waals surface area contributed by atoms with Gasteiger partial charge in [-0.25, -0.2) is 0 Å². The summed E-state index contributed by atoms with van der Waals surface area (Å²) in [6.45, 7) is 16.0. The molecule has 2 aromatic carbocycles. The summed E-state index contributed by atoms with van der Waals surface area (Å²) in [6, 6.07) is 11.6. The number of hydrogen-bond donors (Lipinski definition) is 2. The highest BCUT2D eigenvalue weighted by Crippen LogP contribution is 2.35. The number of likely N-dealkylation sites (N-methyl/N-ethyl adjacent to an activating group) is 1. The monoisotopic (exact) mass is 615 g/mol. The van der Waals surface area contributed by atoms with Crippen molar-refractivity contribution in [2.75, 3.05) is 86.1 Å². The normalized spacial score (nSPS) is 17.2. The lowest BCUT2D eigenvalue weighted by Crippen LogP contribution is -2.52. The Labute approximate surface area is 267 Å². The smallest absolute Gasteiger partial charge is 0.115 e. The second kappa shape index (κ2) is 15.1. The molecular weight excluding hydrogens is 567 g/mol. The van der Waals surface area contributed by atoms with Crippen molar-refractivity contribution < 1.29 is 0 Å². The van der Waals surface area contributed by atoms with Gasteiger partial charge in [-0.15, -0.1) is 0 Å². The van der Waals surface area contributed by atoms with Crippen molar-refractivity contribution in [3.63, 3.8) is 0 Å². The molecule has 2 aliphatic heterocycles. The van der Waals surface area contributed by atoms with Gasteiger partial charge in [0, 0.05) is 88.8 Å². The minimum atomic E-state index is 0.468. The van der Waals surface area contributed by atoms with E-state index in [0.717, 1.165) is 65.1 Å². The van der Waals surface area contributed by atoms with Gasteiger partial charge in [-0.05, 0) is 69.1 Å². The van der Waals surface area contributed by atoms with E-state index >= 15 is 0 Å². The maximum Gasteiger partial charge on any atom is 0.115 e. The van der Waals surface area contributed by atoms with Crippen LogP contribution in [0.1, 0.15) is 38.7 Å². The number of aryl methyl sites for hydroxylation is 1. The first-order valence-electron chi connectivity index (χ1n) is 15.9. The van der Waals surface area contributed by atoms with E-state index < -0.39 is 0 Å². The first kappa shape index (κ1) is 32.1. The third kappa shape index (κ3) is 7.83. The molecule has 3 aromatic rings. The highest BCUT2D eigenvalue weighted by atomic mass is 32.2. The van der Waals surface area contributed by atoms with Crippen LogP contribution < -0.4 is 19.8 Å². The third-order valence-electron chi connectivity index (χ3n) is 8.82. The number of rotatable bonds is 11. The molecule has 0 atom stereocenters. The molecule has 0 radical (unpaired) electrons. The molecule has 0 bridgehead atoms. The summed E-state index contributed by atoms with van der Waals surface area (Å²) in [5.41, 5.74) is 8.57. The van der Waals surface area contributed by atoms with Gasteiger partial charge in [0.2, 0.25) is 0 Å². The summed E-state index contributed by atoms with van der Waals surface area (Å²) in [4.78, 5) is 21.8. The highest BCUT2D eigenvalue weighted by molar-refractivity contribution is 7.99. The van der Waals surface area contributed by atoms with Crippen LogP contribution in [0.15, 0.2) is 59.9 Å². The molecule has 5 rings (SSSR count). The highest BCUT2D eigenvalue weighted by Gasteiger charge is 2.27. The molecule has 1 aromatic heterocycles. The Bertz CT molecular complexity index is 1440. The van der Waals surface area contributed by atoms with Gasteiger partial charge in [0.25, 0.3) is 0 Å². The van der Waals surface area contributed by atoms with E-state index in [-0.39, 0.29) is 0 Å². The topological polar surface area (TPSA) is 75.2 Å². The van der Waals surface area contributed by atoms with Crippen molar-refractivity contribution in [1.29, 1.82) is 0 Å². The molecule has 236 valence electrons. The minimum Gasteiger partial charge on any atom is -0.371 e. The maximum absolute atomic E-state index is 4.94. The Balaban J connectivity index is 1.25. The molecule has 0 unspecified atom stereocenters. The molecule has 9 nitrogen and oxygen atoms in total. The van der Waals surface area contributed by atoms with Crippen LogP contribution in [0.3, 0.4) is 0 Å². The Kier molecular flexibility index (Phi) is 11.0. The first-order valence-corrected chi connectivity index (χ1v) is 17.0. The lowest BCUT2D eigenvalue weighted by atomic mass is 10.00. The summed E-state index contributed by atoms with van der Waals surface area (Å²) in [7, 11) is 4.28. The molecule has 2 fully saturated rings. The van der Waals surface area contributed by atoms with E-state index in [4.69, 9.17) is 4.99 Å². The van der Waals surface area contributed by atoms with Gasteiger partial charge >= 0.3 is 0 Å². The maximum atomic E-state index is 4.94. The molecule has 10 heteroatoms. The third-order valence-corrected chi connectivity index (χ3v) is 9.55. The Hall–Kier alpha value is -3.34. The van der Waals surface area contributed by atoms with Crippen molar-refractivity contribution >= 4 is 51.6 Å². The molecule has 0 amide bonds. The van der Waals surface area contributed by atoms with E-state index in [1.54, 1.807) is 24.3 Å². The number of piperidine rings is 1. The van der Waals surface area contributed by atoms with Crippen molar-refractivity contribution in [2.24, 2.45) is 4.99 Å². The predicted molar refractivity (Wildman–Crippen MR) is 191 cm³/mol. The van der Waals surface area contributed by atoms with Gasteiger partial charge in [-0.2, -0.15) is 0 Å². The molecule has 0 aliphatic carbocycles. The van der Waals surface area contributed by atoms with E-state index in [1.807, 2.05) is 20.0 Å². The van der Waals surface area contributed by atoms with Crippen LogP contribution in [0, 0.1) is 0 Å². The van der Waals surface area contributed by atoms with Crippen molar-refractivity contribution in [3.05, 3.63) is 60.4 Å². The van der Waals surface area contributed by atoms with Crippen molar-refractivity contribution in [1.82, 2.24) is 19.8 Å². The quantitative estimate of drug-likeness (QED) is 0.117. The van der Waals surface area contributed by atoms with Crippen LogP contribution in [-0.4, -0.2) is 97.9 Å². The van der Waals surface area contributed by atoms with Gasteiger partial charge in [0.05, 0.1) is 16.9 Å². The predicted octanol–water partition coefficient (Wildman–Crippen LogP) is 5.97. The average molecular weight is 616 g/mol. The van der Waals surface area contributed by atoms with Crippen LogP contribution in [0.4, 0.5) is 22.7 Å². The van der Waals surface area contributed by atoms with E-state index in [9.17, 15) is 0 Å². The lowest BCUT2D eigenvalue weighted by Gasteiger charge is -2.43. The minimum absolute atomic E-state index is 0.468. The Morgan fingerprint density at radius 1 is 1.07 bits per heavy atom. The number of aromatic nitrogens is 2. The van der Waals surface area contributed by atoms with E-state index in [2.05, 4.69) is 90.7 Å². The van der Waals surface area contributed by atoms with Crippen molar-refractivity contribution in [3.8, 4) is 0 Å². The van der Waals surface area contributed by atoms with Crippen LogP contribution in [-0.2, 0) is 6.42 Å². The number of amidine groups is 1. The summed E-state index contributed by atoms with van der Waals surface area (Å²) >= 11 is 1.63. The summed E-state index contributed by atoms with van der Waals surface area (Å²) in [5, 5.41) is 7.14. The number of nitrogens with one attached hydrogen (secondary N) is 2. The standard InChI is InChI=1S/C34H49N9S/c1-7-26-23-27(8-11-31(26)43-16-12-28(13-17-43)42-20-18-40(4)19-21-42)37-24-38-32(22-25(2)3)39-30-10-9-29-33(36-15-14-35-29)34(30)41(5)44-6/h8-11,14-15,23,28,37H,2,7,12-13,16-22,24H2,1,3-6H3,(H,38,39). The van der Waals surface area contributed by atoms with Crippen LogP contribution >= 0.6 is 11.9 Å². The Morgan fingerprint density at radius 3 is 2.52 bits per heavy atom. The fraction of sp³-hybridized carbons (Fsp3) is 0.500. The van der Waals surface area contributed by atoms with Crippen LogP contribution in [0.5, 0.6) is 0 Å². The van der Waals surface area contributed by atoms with Crippen molar-refractivity contribution in [2.45, 2.75) is 45.6 Å². The van der Waals surface area contributed by atoms with Gasteiger partial charge < -0.3 is 24.7 Å². The molecule has 2 N–H and O–H groups in total. The second-order valence-corrected chi connectivity index (χ2v) is 12.9. The summed E-state index contributed by atoms with van der Waals surface area (Å²) in [5.74, 6) is 0.861. The average Bonchev–Trinajstić information content (AvgIpc) is 3.04. The number of benzene rings is 2. The van der Waals surface area contributed by atoms with Crippen LogP contribution in [0.2, 0.25) is 0 Å². The van der Waals surface area contributed by atoms with E-state index in [0.29, 0.717) is 13.1 Å². The van der Waals surface area contributed by atoms with Gasteiger partial charge in [0.15, 0.2) is 0 Å². The number of aliphatic imine (C=N–C) groups is 1. The molecular formula is C34H49N9S. The molecule has 3 heterocycles. The molecule has 0 saturated carbocycles. The van der Waals surface area contributed by atoms with Crippen LogP contribution in [0.25, 0.3) is 11.0 Å². The number of anilines is 4. The zero-order valence-electron chi connectivity index (χ0n) is 27.1. The van der Waals surface area contributed by atoms with E-state index in [1.165, 1.54) is 50.3 Å².